The third-order valence-electron chi connectivity index (χ3n) is 5.95. The van der Waals surface area contributed by atoms with Gasteiger partial charge in [-0.25, -0.2) is 14.3 Å². The molecule has 6 nitrogen and oxygen atoms in total. The van der Waals surface area contributed by atoms with Crippen molar-refractivity contribution in [2.24, 2.45) is 11.1 Å². The van der Waals surface area contributed by atoms with Gasteiger partial charge in [-0.3, -0.25) is 4.79 Å². The Kier molecular flexibility index (Phi) is 12.0. The fourth-order valence-corrected chi connectivity index (χ4v) is 4.80. The van der Waals surface area contributed by atoms with Crippen LogP contribution >= 0.6 is 11.6 Å². The Labute approximate surface area is 233 Å². The third kappa shape index (κ3) is 9.60. The summed E-state index contributed by atoms with van der Waals surface area (Å²) in [5.41, 5.74) is 2.61. The number of benzene rings is 2. The number of fused-ring (bicyclic) bond motifs is 1. The van der Waals surface area contributed by atoms with Gasteiger partial charge in [0, 0.05) is 23.3 Å². The first-order valence-corrected chi connectivity index (χ1v) is 13.9. The fourth-order valence-electron chi connectivity index (χ4n) is 4.27. The number of carbonyl (C=O) groups excluding carboxylic acids is 1. The summed E-state index contributed by atoms with van der Waals surface area (Å²) in [4.78, 5) is 17.6. The zero-order valence-electron chi connectivity index (χ0n) is 22.3. The molecule has 2 heterocycles. The minimum atomic E-state index is -1.40. The van der Waals surface area contributed by atoms with Crippen LogP contribution in [0.3, 0.4) is 0 Å². The van der Waals surface area contributed by atoms with Gasteiger partial charge >= 0.3 is 0 Å². The molecule has 202 valence electrons. The van der Waals surface area contributed by atoms with Gasteiger partial charge in [0.05, 0.1) is 10.5 Å². The van der Waals surface area contributed by atoms with Gasteiger partial charge in [-0.2, -0.15) is 0 Å². The van der Waals surface area contributed by atoms with E-state index in [4.69, 9.17) is 21.5 Å². The lowest BCUT2D eigenvalue weighted by molar-refractivity contribution is 0.0860. The number of hydrogen-bond donors (Lipinski definition) is 2. The van der Waals surface area contributed by atoms with Crippen molar-refractivity contribution in [2.75, 3.05) is 6.54 Å². The number of halogens is 1. The van der Waals surface area contributed by atoms with Gasteiger partial charge in [0.1, 0.15) is 16.6 Å². The first kappa shape index (κ1) is 31.0. The molecule has 0 spiro atoms. The summed E-state index contributed by atoms with van der Waals surface area (Å²) >= 11 is 5.58. The zero-order valence-corrected chi connectivity index (χ0v) is 23.9. The molecule has 1 amide bonds. The van der Waals surface area contributed by atoms with E-state index < -0.39 is 11.0 Å². The monoisotopic (exact) mass is 553 g/mol. The Hall–Kier alpha value is -3.18. The van der Waals surface area contributed by atoms with Crippen LogP contribution in [-0.2, 0) is 17.4 Å². The molecule has 1 aliphatic heterocycles. The number of nitrogens with one attached hydrogen (secondary N) is 1. The SMILES string of the molecule is C#C.CC1Cc2cc(C(=O)NC[C@H](C)c3ccccc3)cnc2OC(C)(C)C1.NS(=O)c1ccc(Cl)cc1. The highest BCUT2D eigenvalue weighted by Crippen LogP contribution is 2.33. The number of ether oxygens (including phenoxy) is 1. The first-order chi connectivity index (χ1) is 18.0. The molecule has 0 fully saturated rings. The second-order valence-electron chi connectivity index (χ2n) is 9.84. The maximum atomic E-state index is 12.6. The van der Waals surface area contributed by atoms with E-state index in [2.05, 4.69) is 63.0 Å². The smallest absolute Gasteiger partial charge is 0.252 e. The van der Waals surface area contributed by atoms with E-state index in [0.717, 1.165) is 18.4 Å². The molecule has 1 aromatic heterocycles. The molecule has 2 unspecified atom stereocenters. The lowest BCUT2D eigenvalue weighted by atomic mass is 9.91. The topological polar surface area (TPSA) is 94.3 Å². The van der Waals surface area contributed by atoms with Crippen LogP contribution in [0.1, 0.15) is 61.5 Å². The quantitative estimate of drug-likeness (QED) is 0.383. The largest absolute Gasteiger partial charge is 0.471 e. The summed E-state index contributed by atoms with van der Waals surface area (Å²) < 4.78 is 16.7. The zero-order chi connectivity index (χ0) is 28.3. The number of pyridine rings is 1. The van der Waals surface area contributed by atoms with E-state index >= 15 is 0 Å². The summed E-state index contributed by atoms with van der Waals surface area (Å²) in [7, 11) is -1.40. The van der Waals surface area contributed by atoms with Gasteiger partial charge in [0.15, 0.2) is 0 Å². The van der Waals surface area contributed by atoms with Gasteiger partial charge in [0.2, 0.25) is 5.88 Å². The Morgan fingerprint density at radius 3 is 2.45 bits per heavy atom. The van der Waals surface area contributed by atoms with Gasteiger partial charge in [0.25, 0.3) is 5.91 Å². The summed E-state index contributed by atoms with van der Waals surface area (Å²) in [5.74, 6) is 1.33. The minimum absolute atomic E-state index is 0.0840. The number of nitrogens with two attached hydrogens (primary N) is 1. The molecule has 1 aliphatic rings. The normalized spacial score (nSPS) is 16.9. The van der Waals surface area contributed by atoms with Gasteiger partial charge in [-0.05, 0) is 74.4 Å². The predicted octanol–water partition coefficient (Wildman–Crippen LogP) is 5.93. The maximum Gasteiger partial charge on any atom is 0.252 e. The summed E-state index contributed by atoms with van der Waals surface area (Å²) in [6.45, 7) is 9.11. The lowest BCUT2D eigenvalue weighted by Crippen LogP contribution is -2.29. The average Bonchev–Trinajstić information content (AvgIpc) is 3.01. The number of nitrogens with zero attached hydrogens (tertiary/aromatic N) is 1. The van der Waals surface area contributed by atoms with E-state index in [0.29, 0.717) is 33.8 Å². The molecular formula is C30H36ClN3O3S. The summed E-state index contributed by atoms with van der Waals surface area (Å²) in [6, 6.07) is 18.7. The van der Waals surface area contributed by atoms with Gasteiger partial charge < -0.3 is 10.1 Å². The van der Waals surface area contributed by atoms with E-state index in [1.165, 1.54) is 5.56 Å². The van der Waals surface area contributed by atoms with Crippen molar-refractivity contribution in [1.82, 2.24) is 10.3 Å². The van der Waals surface area contributed by atoms with Crippen LogP contribution in [-0.4, -0.2) is 27.2 Å². The molecule has 0 radical (unpaired) electrons. The molecule has 0 saturated heterocycles. The molecule has 4 rings (SSSR count). The molecule has 3 N–H and O–H groups in total. The Morgan fingerprint density at radius 2 is 1.84 bits per heavy atom. The number of rotatable bonds is 5. The van der Waals surface area contributed by atoms with Crippen molar-refractivity contribution in [3.8, 4) is 18.7 Å². The lowest BCUT2D eigenvalue weighted by Gasteiger charge is -2.25. The van der Waals surface area contributed by atoms with Crippen LogP contribution in [0.4, 0.5) is 0 Å². The molecule has 0 aliphatic carbocycles. The first-order valence-electron chi connectivity index (χ1n) is 12.3. The molecule has 0 saturated carbocycles. The second-order valence-corrected chi connectivity index (χ2v) is 11.3. The number of aromatic nitrogens is 1. The molecule has 2 aromatic carbocycles. The van der Waals surface area contributed by atoms with Crippen LogP contribution in [0.25, 0.3) is 0 Å². The maximum absolute atomic E-state index is 12.6. The van der Waals surface area contributed by atoms with Gasteiger partial charge in [-0.1, -0.05) is 55.8 Å². The highest BCUT2D eigenvalue weighted by atomic mass is 35.5. The Balaban J connectivity index is 0.000000353. The average molecular weight is 554 g/mol. The van der Waals surface area contributed by atoms with Crippen molar-refractivity contribution < 1.29 is 13.7 Å². The van der Waals surface area contributed by atoms with Crippen molar-refractivity contribution in [1.29, 1.82) is 0 Å². The predicted molar refractivity (Wildman–Crippen MR) is 156 cm³/mol. The molecule has 38 heavy (non-hydrogen) atoms. The second kappa shape index (κ2) is 14.7. The fraction of sp³-hybridized carbons (Fsp3) is 0.333. The van der Waals surface area contributed by atoms with E-state index in [1.54, 1.807) is 30.5 Å². The molecular weight excluding hydrogens is 518 g/mol. The summed E-state index contributed by atoms with van der Waals surface area (Å²) in [6.07, 6.45) is 11.5. The van der Waals surface area contributed by atoms with E-state index in [1.807, 2.05) is 24.3 Å². The third-order valence-corrected chi connectivity index (χ3v) is 6.94. The molecule has 3 atom stereocenters. The highest BCUT2D eigenvalue weighted by Gasteiger charge is 2.29. The number of amides is 1. The minimum Gasteiger partial charge on any atom is -0.471 e. The number of terminal acetylenes is 1. The van der Waals surface area contributed by atoms with Crippen molar-refractivity contribution in [3.05, 3.63) is 88.6 Å². The van der Waals surface area contributed by atoms with Crippen LogP contribution < -0.4 is 15.2 Å². The summed E-state index contributed by atoms with van der Waals surface area (Å²) in [5, 5.41) is 8.74. The number of hydrogen-bond acceptors (Lipinski definition) is 4. The highest BCUT2D eigenvalue weighted by molar-refractivity contribution is 7.82. The molecule has 0 bridgehead atoms. The number of carbonyl (C=O) groups is 1. The van der Waals surface area contributed by atoms with Crippen LogP contribution in [0.15, 0.2) is 71.8 Å². The standard InChI is InChI=1S/C22H28N2O2.C6H6ClNOS.C2H2/c1-15-10-18-11-19(14-24-21(18)26-22(3,4)12-15)20(25)23-13-16(2)17-8-6-5-7-9-17;7-5-1-3-6(4-2-5)10(8)9;1-2/h5-9,11,14-16H,10,12-13H2,1-4H3,(H,23,25);1-4H,8H2;1-2H/t15?,16-;;/m0../s1. The van der Waals surface area contributed by atoms with E-state index in [9.17, 15) is 9.00 Å². The van der Waals surface area contributed by atoms with Crippen molar-refractivity contribution >= 4 is 28.5 Å². The molecule has 3 aromatic rings. The van der Waals surface area contributed by atoms with Crippen molar-refractivity contribution in [3.63, 3.8) is 0 Å². The Morgan fingerprint density at radius 1 is 1.21 bits per heavy atom. The van der Waals surface area contributed by atoms with Crippen molar-refractivity contribution in [2.45, 2.75) is 57.0 Å². The van der Waals surface area contributed by atoms with Gasteiger partial charge in [-0.15, -0.1) is 12.8 Å². The Bertz CT molecular complexity index is 1230. The van der Waals surface area contributed by atoms with Crippen LogP contribution in [0.2, 0.25) is 5.02 Å². The van der Waals surface area contributed by atoms with Crippen LogP contribution in [0, 0.1) is 18.8 Å². The van der Waals surface area contributed by atoms with Crippen LogP contribution in [0.5, 0.6) is 5.88 Å². The molecule has 8 heteroatoms. The van der Waals surface area contributed by atoms with E-state index in [-0.39, 0.29) is 17.4 Å².